The second-order valence-corrected chi connectivity index (χ2v) is 7.50. The Kier molecular flexibility index (Phi) is 5.53. The lowest BCUT2D eigenvalue weighted by Gasteiger charge is -2.31. The zero-order valence-electron chi connectivity index (χ0n) is 17.0. The summed E-state index contributed by atoms with van der Waals surface area (Å²) < 4.78 is 4.95. The number of piperidine rings is 1. The molecular formula is C19H30N6O2. The minimum Gasteiger partial charge on any atom is -0.337 e. The van der Waals surface area contributed by atoms with Crippen molar-refractivity contribution in [3.63, 3.8) is 0 Å². The first-order valence-corrected chi connectivity index (χ1v) is 9.88. The van der Waals surface area contributed by atoms with E-state index >= 15 is 0 Å². The van der Waals surface area contributed by atoms with Gasteiger partial charge in [-0.15, -0.1) is 0 Å². The van der Waals surface area contributed by atoms with E-state index in [-0.39, 0.29) is 17.5 Å². The van der Waals surface area contributed by atoms with E-state index in [2.05, 4.69) is 24.0 Å². The Balaban J connectivity index is 1.73. The van der Waals surface area contributed by atoms with Gasteiger partial charge in [0.1, 0.15) is 11.5 Å². The Morgan fingerprint density at radius 2 is 1.85 bits per heavy atom. The molecule has 8 nitrogen and oxygen atoms in total. The molecule has 0 radical (unpaired) electrons. The molecule has 0 unspecified atom stereocenters. The van der Waals surface area contributed by atoms with Gasteiger partial charge in [0, 0.05) is 39.1 Å². The van der Waals surface area contributed by atoms with Crippen LogP contribution in [-0.2, 0) is 20.1 Å². The van der Waals surface area contributed by atoms with Crippen molar-refractivity contribution in [3.8, 4) is 0 Å². The summed E-state index contributed by atoms with van der Waals surface area (Å²) in [6, 6.07) is 1.93. The van der Waals surface area contributed by atoms with Crippen LogP contribution in [0.3, 0.4) is 0 Å². The van der Waals surface area contributed by atoms with Gasteiger partial charge in [0.05, 0.1) is 5.69 Å². The van der Waals surface area contributed by atoms with Gasteiger partial charge in [-0.3, -0.25) is 14.0 Å². The standard InChI is InChI=1S/C19H30N6O2/c1-6-24-17(21-22(5)19(24)27)14-8-10-23(11-9-14)18(26)16-12-15(13(3)4)20-25(16)7-2/h12-14H,6-11H2,1-5H3. The highest BCUT2D eigenvalue weighted by molar-refractivity contribution is 5.92. The number of aromatic nitrogens is 5. The molecule has 0 saturated carbocycles. The van der Waals surface area contributed by atoms with Crippen LogP contribution in [-0.4, -0.2) is 48.0 Å². The van der Waals surface area contributed by atoms with Gasteiger partial charge < -0.3 is 4.90 Å². The van der Waals surface area contributed by atoms with Gasteiger partial charge in [-0.25, -0.2) is 9.48 Å². The third-order valence-electron chi connectivity index (χ3n) is 5.41. The van der Waals surface area contributed by atoms with Crippen LogP contribution in [0.2, 0.25) is 0 Å². The van der Waals surface area contributed by atoms with E-state index in [9.17, 15) is 9.59 Å². The summed E-state index contributed by atoms with van der Waals surface area (Å²) in [4.78, 5) is 27.1. The third-order valence-corrected chi connectivity index (χ3v) is 5.41. The Morgan fingerprint density at radius 1 is 1.19 bits per heavy atom. The van der Waals surface area contributed by atoms with E-state index in [4.69, 9.17) is 0 Å². The number of hydrogen-bond acceptors (Lipinski definition) is 4. The molecule has 0 atom stereocenters. The van der Waals surface area contributed by atoms with Crippen LogP contribution in [0.25, 0.3) is 0 Å². The molecule has 8 heteroatoms. The van der Waals surface area contributed by atoms with Crippen LogP contribution in [0.4, 0.5) is 0 Å². The fourth-order valence-electron chi connectivity index (χ4n) is 3.76. The van der Waals surface area contributed by atoms with Crippen LogP contribution in [0, 0.1) is 0 Å². The fraction of sp³-hybridized carbons (Fsp3) is 0.684. The van der Waals surface area contributed by atoms with Gasteiger partial charge in [0.25, 0.3) is 5.91 Å². The quantitative estimate of drug-likeness (QED) is 0.801. The smallest absolute Gasteiger partial charge is 0.337 e. The molecule has 1 fully saturated rings. The van der Waals surface area contributed by atoms with Gasteiger partial charge in [-0.2, -0.15) is 10.2 Å². The number of rotatable bonds is 5. The fourth-order valence-corrected chi connectivity index (χ4v) is 3.76. The molecule has 1 aliphatic heterocycles. The average Bonchev–Trinajstić information content (AvgIpc) is 3.23. The zero-order valence-corrected chi connectivity index (χ0v) is 17.0. The summed E-state index contributed by atoms with van der Waals surface area (Å²) in [7, 11) is 1.69. The normalized spacial score (nSPS) is 15.7. The molecule has 27 heavy (non-hydrogen) atoms. The highest BCUT2D eigenvalue weighted by Gasteiger charge is 2.30. The van der Waals surface area contributed by atoms with Crippen molar-refractivity contribution in [2.45, 2.75) is 65.5 Å². The molecule has 1 saturated heterocycles. The molecule has 148 valence electrons. The largest absolute Gasteiger partial charge is 0.345 e. The van der Waals surface area contributed by atoms with E-state index < -0.39 is 0 Å². The summed E-state index contributed by atoms with van der Waals surface area (Å²) in [6.45, 7) is 10.8. The predicted molar refractivity (Wildman–Crippen MR) is 103 cm³/mol. The lowest BCUT2D eigenvalue weighted by Crippen LogP contribution is -2.39. The number of likely N-dealkylation sites (tertiary alicyclic amines) is 1. The van der Waals surface area contributed by atoms with E-state index in [1.807, 2.05) is 24.8 Å². The van der Waals surface area contributed by atoms with Gasteiger partial charge in [-0.05, 0) is 38.7 Å². The molecule has 1 amide bonds. The maximum Gasteiger partial charge on any atom is 0.345 e. The van der Waals surface area contributed by atoms with Crippen molar-refractivity contribution in [1.82, 2.24) is 29.0 Å². The summed E-state index contributed by atoms with van der Waals surface area (Å²) in [5.74, 6) is 1.40. The maximum absolute atomic E-state index is 13.0. The minimum atomic E-state index is -0.0703. The Morgan fingerprint density at radius 3 is 2.41 bits per heavy atom. The molecule has 3 rings (SSSR count). The van der Waals surface area contributed by atoms with Crippen LogP contribution >= 0.6 is 0 Å². The van der Waals surface area contributed by atoms with E-state index in [1.54, 1.807) is 16.3 Å². The predicted octanol–water partition coefficient (Wildman–Crippen LogP) is 1.96. The van der Waals surface area contributed by atoms with Crippen LogP contribution in [0.1, 0.15) is 74.4 Å². The third kappa shape index (κ3) is 3.57. The van der Waals surface area contributed by atoms with E-state index in [0.29, 0.717) is 37.8 Å². The van der Waals surface area contributed by atoms with E-state index in [1.165, 1.54) is 4.68 Å². The number of carbonyl (C=O) groups is 1. The molecule has 3 heterocycles. The molecule has 0 N–H and O–H groups in total. The van der Waals surface area contributed by atoms with Crippen molar-refractivity contribution >= 4 is 5.91 Å². The Hall–Kier alpha value is -2.38. The molecule has 1 aliphatic rings. The second-order valence-electron chi connectivity index (χ2n) is 7.50. The highest BCUT2D eigenvalue weighted by Crippen LogP contribution is 2.27. The number of carbonyl (C=O) groups excluding carboxylic acids is 1. The van der Waals surface area contributed by atoms with Crippen molar-refractivity contribution in [2.75, 3.05) is 13.1 Å². The monoisotopic (exact) mass is 374 g/mol. The molecule has 0 bridgehead atoms. The number of nitrogens with zero attached hydrogens (tertiary/aromatic N) is 6. The first-order chi connectivity index (χ1) is 12.9. The lowest BCUT2D eigenvalue weighted by atomic mass is 9.95. The molecule has 2 aromatic heterocycles. The highest BCUT2D eigenvalue weighted by atomic mass is 16.2. The number of amides is 1. The van der Waals surface area contributed by atoms with Gasteiger partial charge >= 0.3 is 5.69 Å². The maximum atomic E-state index is 13.0. The Bertz CT molecular complexity index is 867. The second kappa shape index (κ2) is 7.70. The topological polar surface area (TPSA) is 78.0 Å². The lowest BCUT2D eigenvalue weighted by molar-refractivity contribution is 0.0697. The first-order valence-electron chi connectivity index (χ1n) is 9.88. The molecule has 0 aromatic carbocycles. The van der Waals surface area contributed by atoms with Crippen LogP contribution in [0.15, 0.2) is 10.9 Å². The van der Waals surface area contributed by atoms with Gasteiger partial charge in [-0.1, -0.05) is 13.8 Å². The van der Waals surface area contributed by atoms with Crippen molar-refractivity contribution in [1.29, 1.82) is 0 Å². The number of aryl methyl sites for hydroxylation is 2. The van der Waals surface area contributed by atoms with Crippen molar-refractivity contribution in [3.05, 3.63) is 33.8 Å². The van der Waals surface area contributed by atoms with Crippen LogP contribution < -0.4 is 5.69 Å². The first kappa shape index (κ1) is 19.4. The molecular weight excluding hydrogens is 344 g/mol. The summed E-state index contributed by atoms with van der Waals surface area (Å²) in [5, 5.41) is 8.99. The van der Waals surface area contributed by atoms with Crippen molar-refractivity contribution in [2.24, 2.45) is 7.05 Å². The zero-order chi connectivity index (χ0) is 19.7. The SMILES string of the molecule is CCn1nc(C(C)C)cc1C(=O)N1CCC(c2nn(C)c(=O)n2CC)CC1. The average molecular weight is 374 g/mol. The Labute approximate surface area is 159 Å². The summed E-state index contributed by atoms with van der Waals surface area (Å²) in [5.41, 5.74) is 1.55. The number of hydrogen-bond donors (Lipinski definition) is 0. The van der Waals surface area contributed by atoms with Gasteiger partial charge in [0.2, 0.25) is 0 Å². The van der Waals surface area contributed by atoms with Gasteiger partial charge in [0.15, 0.2) is 0 Å². The minimum absolute atomic E-state index is 0.0450. The molecule has 0 spiro atoms. The molecule has 0 aliphatic carbocycles. The van der Waals surface area contributed by atoms with E-state index in [0.717, 1.165) is 24.4 Å². The van der Waals surface area contributed by atoms with Crippen molar-refractivity contribution < 1.29 is 4.79 Å². The summed E-state index contributed by atoms with van der Waals surface area (Å²) >= 11 is 0. The molecule has 2 aromatic rings. The summed E-state index contributed by atoms with van der Waals surface area (Å²) in [6.07, 6.45) is 1.64. The van der Waals surface area contributed by atoms with Crippen LogP contribution in [0.5, 0.6) is 0 Å².